The van der Waals surface area contributed by atoms with E-state index in [2.05, 4.69) is 42.6 Å². The van der Waals surface area contributed by atoms with Crippen LogP contribution in [0.25, 0.3) is 10.3 Å². The average Bonchev–Trinajstić information content (AvgIpc) is 3.49. The Kier molecular flexibility index (Phi) is 6.85. The van der Waals surface area contributed by atoms with E-state index < -0.39 is 17.1 Å². The highest BCUT2D eigenvalue weighted by Gasteiger charge is 2.33. The van der Waals surface area contributed by atoms with Crippen molar-refractivity contribution in [3.8, 4) is 0 Å². The molecule has 3 aromatic heterocycles. The number of nitrogens with one attached hydrogen (secondary N) is 2. The molecule has 0 spiro atoms. The molecule has 4 rings (SSSR count). The van der Waals surface area contributed by atoms with Gasteiger partial charge in [0, 0.05) is 26.2 Å². The molecule has 2 unspecified atom stereocenters. The van der Waals surface area contributed by atoms with Crippen molar-refractivity contribution >= 4 is 39.5 Å². The molecule has 11 nitrogen and oxygen atoms in total. The summed E-state index contributed by atoms with van der Waals surface area (Å²) < 4.78 is 10.8. The first-order valence-electron chi connectivity index (χ1n) is 11.8. The average molecular weight is 503 g/mol. The Morgan fingerprint density at radius 1 is 1.23 bits per heavy atom. The molecule has 12 heteroatoms. The van der Waals surface area contributed by atoms with E-state index in [1.807, 2.05) is 34.6 Å². The lowest BCUT2D eigenvalue weighted by atomic mass is 9.93. The molecular weight excluding hydrogens is 468 g/mol. The van der Waals surface area contributed by atoms with Gasteiger partial charge in [-0.25, -0.2) is 14.8 Å². The summed E-state index contributed by atoms with van der Waals surface area (Å²) in [5, 5.41) is 10.2. The summed E-state index contributed by atoms with van der Waals surface area (Å²) in [4.78, 5) is 33.6. The fraction of sp³-hybridized carbons (Fsp3) is 0.652. The quantitative estimate of drug-likeness (QED) is 0.492. The molecule has 1 saturated heterocycles. The van der Waals surface area contributed by atoms with Crippen LogP contribution in [0.3, 0.4) is 0 Å². The van der Waals surface area contributed by atoms with Crippen LogP contribution < -0.4 is 15.5 Å². The minimum absolute atomic E-state index is 0.266. The van der Waals surface area contributed by atoms with Crippen LogP contribution in [0.2, 0.25) is 0 Å². The number of ether oxygens (including phenoxy) is 1. The molecule has 0 radical (unpaired) electrons. The van der Waals surface area contributed by atoms with Crippen LogP contribution in [-0.2, 0) is 10.2 Å². The minimum atomic E-state index is -0.519. The number of fused-ring (bicyclic) bond motifs is 1. The molecule has 190 valence electrons. The highest BCUT2D eigenvalue weighted by atomic mass is 32.1. The SMILES string of the molecule is Cc1noc(C(C)(C)CNc2nc(N3CC(C)C(CNC(=O)OC(C)(C)C)C3)c3ncsc3n2)n1. The standard InChI is InChI=1S/C23H34N8O3S/c1-13-9-31(10-15(13)8-24-21(32)33-22(3,4)5)17-16-18(35-12-26-16)29-20(28-17)25-11-23(6,7)19-27-14(2)30-34-19/h12-13,15H,8-11H2,1-7H3,(H,24,32)(H,25,28,29). The highest BCUT2D eigenvalue weighted by molar-refractivity contribution is 7.16. The maximum atomic E-state index is 12.1. The predicted molar refractivity (Wildman–Crippen MR) is 135 cm³/mol. The summed E-state index contributed by atoms with van der Waals surface area (Å²) >= 11 is 1.49. The molecule has 4 heterocycles. The fourth-order valence-corrected chi connectivity index (χ4v) is 4.65. The lowest BCUT2D eigenvalue weighted by Crippen LogP contribution is -2.36. The van der Waals surface area contributed by atoms with Crippen molar-refractivity contribution < 1.29 is 14.1 Å². The van der Waals surface area contributed by atoms with E-state index in [9.17, 15) is 4.79 Å². The van der Waals surface area contributed by atoms with Gasteiger partial charge in [-0.2, -0.15) is 9.97 Å². The second-order valence-corrected chi connectivity index (χ2v) is 11.6. The van der Waals surface area contributed by atoms with Gasteiger partial charge in [0.1, 0.15) is 11.1 Å². The van der Waals surface area contributed by atoms with E-state index in [1.165, 1.54) is 11.3 Å². The monoisotopic (exact) mass is 502 g/mol. The Bertz CT molecular complexity index is 1190. The number of nitrogens with zero attached hydrogens (tertiary/aromatic N) is 6. The zero-order chi connectivity index (χ0) is 25.4. The van der Waals surface area contributed by atoms with E-state index in [4.69, 9.17) is 14.2 Å². The first-order valence-corrected chi connectivity index (χ1v) is 12.7. The first-order chi connectivity index (χ1) is 16.4. The minimum Gasteiger partial charge on any atom is -0.444 e. The largest absolute Gasteiger partial charge is 0.444 e. The van der Waals surface area contributed by atoms with Gasteiger partial charge in [-0.1, -0.05) is 12.1 Å². The number of thiazole rings is 1. The second kappa shape index (κ2) is 9.56. The van der Waals surface area contributed by atoms with Gasteiger partial charge in [-0.15, -0.1) is 11.3 Å². The summed E-state index contributed by atoms with van der Waals surface area (Å²) in [6, 6.07) is 0. The molecule has 1 fully saturated rings. The number of aromatic nitrogens is 5. The molecule has 3 aromatic rings. The molecule has 0 saturated carbocycles. The normalized spacial score (nSPS) is 18.8. The summed E-state index contributed by atoms with van der Waals surface area (Å²) in [5.74, 6) is 3.14. The van der Waals surface area contributed by atoms with E-state index in [1.54, 1.807) is 12.4 Å². The number of aryl methyl sites for hydroxylation is 1. The lowest BCUT2D eigenvalue weighted by molar-refractivity contribution is 0.0518. The third-order valence-corrected chi connectivity index (χ3v) is 6.67. The number of carbonyl (C=O) groups excluding carboxylic acids is 1. The van der Waals surface area contributed by atoms with Gasteiger partial charge >= 0.3 is 6.09 Å². The summed E-state index contributed by atoms with van der Waals surface area (Å²) in [6.45, 7) is 16.3. The molecule has 0 bridgehead atoms. The molecule has 2 atom stereocenters. The molecular formula is C23H34N8O3S. The van der Waals surface area contributed by atoms with Gasteiger partial charge in [0.2, 0.25) is 11.8 Å². The van der Waals surface area contributed by atoms with Gasteiger partial charge in [-0.05, 0) is 53.4 Å². The van der Waals surface area contributed by atoms with Gasteiger partial charge in [0.05, 0.1) is 10.9 Å². The van der Waals surface area contributed by atoms with Crippen molar-refractivity contribution in [2.45, 2.75) is 59.5 Å². The third kappa shape index (κ3) is 5.98. The third-order valence-electron chi connectivity index (χ3n) is 5.95. The van der Waals surface area contributed by atoms with Crippen molar-refractivity contribution in [1.29, 1.82) is 0 Å². The summed E-state index contributed by atoms with van der Waals surface area (Å²) in [7, 11) is 0. The smallest absolute Gasteiger partial charge is 0.407 e. The van der Waals surface area contributed by atoms with Gasteiger partial charge in [0.15, 0.2) is 16.5 Å². The van der Waals surface area contributed by atoms with Gasteiger partial charge in [0.25, 0.3) is 0 Å². The highest BCUT2D eigenvalue weighted by Crippen LogP contribution is 2.33. The number of anilines is 2. The van der Waals surface area contributed by atoms with Crippen LogP contribution in [0, 0.1) is 18.8 Å². The van der Waals surface area contributed by atoms with E-state index >= 15 is 0 Å². The number of alkyl carbamates (subject to hydrolysis) is 1. The van der Waals surface area contributed by atoms with Crippen LogP contribution in [0.1, 0.15) is 53.3 Å². The van der Waals surface area contributed by atoms with E-state index in [0.29, 0.717) is 36.7 Å². The zero-order valence-electron chi connectivity index (χ0n) is 21.4. The summed E-state index contributed by atoms with van der Waals surface area (Å²) in [6.07, 6.45) is -0.391. The number of carbonyl (C=O) groups is 1. The van der Waals surface area contributed by atoms with Gasteiger partial charge in [-0.3, -0.25) is 0 Å². The summed E-state index contributed by atoms with van der Waals surface area (Å²) in [5.41, 5.74) is 1.67. The zero-order valence-corrected chi connectivity index (χ0v) is 22.2. The van der Waals surface area contributed by atoms with E-state index in [-0.39, 0.29) is 5.92 Å². The Morgan fingerprint density at radius 2 is 2.00 bits per heavy atom. The lowest BCUT2D eigenvalue weighted by Gasteiger charge is -2.22. The van der Waals surface area contributed by atoms with Gasteiger partial charge < -0.3 is 24.8 Å². The van der Waals surface area contributed by atoms with Crippen LogP contribution in [0.4, 0.5) is 16.6 Å². The molecule has 35 heavy (non-hydrogen) atoms. The van der Waals surface area contributed by atoms with Crippen molar-refractivity contribution in [1.82, 2.24) is 30.4 Å². The topological polar surface area (TPSA) is 131 Å². The number of hydrogen-bond donors (Lipinski definition) is 2. The van der Waals surface area contributed by atoms with Crippen molar-refractivity contribution in [2.24, 2.45) is 11.8 Å². The predicted octanol–water partition coefficient (Wildman–Crippen LogP) is 3.76. The van der Waals surface area contributed by atoms with Crippen molar-refractivity contribution in [3.05, 3.63) is 17.2 Å². The molecule has 1 aliphatic rings. The van der Waals surface area contributed by atoms with Crippen molar-refractivity contribution in [2.75, 3.05) is 36.4 Å². The van der Waals surface area contributed by atoms with Crippen LogP contribution in [0.15, 0.2) is 10.0 Å². The van der Waals surface area contributed by atoms with E-state index in [0.717, 1.165) is 29.3 Å². The fourth-order valence-electron chi connectivity index (χ4n) is 4.00. The maximum absolute atomic E-state index is 12.1. The van der Waals surface area contributed by atoms with Crippen LogP contribution in [-0.4, -0.2) is 63.0 Å². The Hall–Kier alpha value is -3.02. The maximum Gasteiger partial charge on any atom is 0.407 e. The number of hydrogen-bond acceptors (Lipinski definition) is 11. The van der Waals surface area contributed by atoms with Crippen LogP contribution in [0.5, 0.6) is 0 Å². The van der Waals surface area contributed by atoms with Crippen molar-refractivity contribution in [3.63, 3.8) is 0 Å². The molecule has 0 aliphatic carbocycles. The molecule has 0 aromatic carbocycles. The second-order valence-electron chi connectivity index (χ2n) is 10.8. The number of rotatable bonds is 7. The molecule has 2 N–H and O–H groups in total. The van der Waals surface area contributed by atoms with Crippen LogP contribution >= 0.6 is 11.3 Å². The molecule has 1 amide bonds. The Labute approximate surface area is 209 Å². The number of amides is 1. The Morgan fingerprint density at radius 3 is 2.69 bits per heavy atom. The Balaban J connectivity index is 1.46. The first kappa shape index (κ1) is 25.1. The molecule has 1 aliphatic heterocycles.